The SMILES string of the molecule is O=C(Nc1ccc2cnccc2c1)[C@@H]1CC1c1ccc(S(=O)(=O)N[C@@H]2CCCNC2)cc1. The molecule has 166 valence electrons. The average molecular weight is 451 g/mol. The highest BCUT2D eigenvalue weighted by Crippen LogP contribution is 2.48. The largest absolute Gasteiger partial charge is 0.326 e. The van der Waals surface area contributed by atoms with Crippen molar-refractivity contribution in [3.63, 3.8) is 0 Å². The van der Waals surface area contributed by atoms with Crippen molar-refractivity contribution in [3.8, 4) is 0 Å². The van der Waals surface area contributed by atoms with Gasteiger partial charge in [0, 0.05) is 42.0 Å². The fraction of sp³-hybridized carbons (Fsp3) is 0.333. The van der Waals surface area contributed by atoms with Crippen LogP contribution >= 0.6 is 0 Å². The van der Waals surface area contributed by atoms with Crippen molar-refractivity contribution in [2.24, 2.45) is 5.92 Å². The zero-order valence-corrected chi connectivity index (χ0v) is 18.4. The predicted octanol–water partition coefficient (Wildman–Crippen LogP) is 3.01. The molecule has 2 aromatic carbocycles. The fourth-order valence-corrected chi connectivity index (χ4v) is 5.65. The maximum Gasteiger partial charge on any atom is 0.240 e. The molecule has 1 unspecified atom stereocenters. The molecule has 3 N–H and O–H groups in total. The summed E-state index contributed by atoms with van der Waals surface area (Å²) < 4.78 is 28.1. The van der Waals surface area contributed by atoms with Gasteiger partial charge >= 0.3 is 0 Å². The van der Waals surface area contributed by atoms with Gasteiger partial charge in [-0.3, -0.25) is 9.78 Å². The lowest BCUT2D eigenvalue weighted by Gasteiger charge is -2.23. The number of piperidine rings is 1. The van der Waals surface area contributed by atoms with Gasteiger partial charge in [0.1, 0.15) is 0 Å². The number of fused-ring (bicyclic) bond motifs is 1. The molecule has 8 heteroatoms. The van der Waals surface area contributed by atoms with Crippen molar-refractivity contribution >= 4 is 32.4 Å². The van der Waals surface area contributed by atoms with Gasteiger partial charge in [0.2, 0.25) is 15.9 Å². The van der Waals surface area contributed by atoms with Crippen LogP contribution in [0.1, 0.15) is 30.7 Å². The molecule has 32 heavy (non-hydrogen) atoms. The van der Waals surface area contributed by atoms with Gasteiger partial charge in [0.15, 0.2) is 0 Å². The van der Waals surface area contributed by atoms with E-state index in [9.17, 15) is 13.2 Å². The molecule has 2 heterocycles. The zero-order valence-electron chi connectivity index (χ0n) is 17.6. The summed E-state index contributed by atoms with van der Waals surface area (Å²) in [6, 6.07) is 14.5. The normalized spacial score (nSPS) is 23.1. The number of sulfonamides is 1. The van der Waals surface area contributed by atoms with E-state index in [0.717, 1.165) is 47.8 Å². The number of benzene rings is 2. The van der Waals surface area contributed by atoms with E-state index in [1.807, 2.05) is 36.4 Å². The lowest BCUT2D eigenvalue weighted by molar-refractivity contribution is -0.117. The van der Waals surface area contributed by atoms with Gasteiger partial charge in [0.25, 0.3) is 0 Å². The van der Waals surface area contributed by atoms with Crippen LogP contribution in [0.25, 0.3) is 10.8 Å². The molecule has 3 aromatic rings. The average Bonchev–Trinajstić information content (AvgIpc) is 3.61. The third-order valence-electron chi connectivity index (χ3n) is 6.27. The minimum absolute atomic E-state index is 0.00781. The van der Waals surface area contributed by atoms with E-state index in [1.54, 1.807) is 24.5 Å². The summed E-state index contributed by atoms with van der Waals surface area (Å²) in [6.45, 7) is 1.59. The molecule has 2 aliphatic rings. The number of amides is 1. The molecule has 1 aliphatic heterocycles. The van der Waals surface area contributed by atoms with Gasteiger partial charge in [-0.15, -0.1) is 0 Å². The van der Waals surface area contributed by atoms with Gasteiger partial charge in [-0.1, -0.05) is 18.2 Å². The third-order valence-corrected chi connectivity index (χ3v) is 7.81. The molecule has 1 saturated carbocycles. The van der Waals surface area contributed by atoms with Crippen LogP contribution in [0.5, 0.6) is 0 Å². The number of nitrogens with one attached hydrogen (secondary N) is 3. The maximum absolute atomic E-state index is 12.7. The van der Waals surface area contributed by atoms with Gasteiger partial charge in [-0.25, -0.2) is 13.1 Å². The Labute approximate surface area is 187 Å². The number of rotatable bonds is 6. The summed E-state index contributed by atoms with van der Waals surface area (Å²) in [6.07, 6.45) is 6.10. The molecule has 3 atom stereocenters. The van der Waals surface area contributed by atoms with Crippen LogP contribution in [0.4, 0.5) is 5.69 Å². The molecular formula is C24H26N4O3S. The lowest BCUT2D eigenvalue weighted by atomic mass is 10.1. The summed E-state index contributed by atoms with van der Waals surface area (Å²) >= 11 is 0. The van der Waals surface area contributed by atoms with Gasteiger partial charge in [-0.2, -0.15) is 0 Å². The highest BCUT2D eigenvalue weighted by Gasteiger charge is 2.44. The van der Waals surface area contributed by atoms with E-state index in [4.69, 9.17) is 0 Å². The van der Waals surface area contributed by atoms with E-state index < -0.39 is 10.0 Å². The highest BCUT2D eigenvalue weighted by atomic mass is 32.2. The summed E-state index contributed by atoms with van der Waals surface area (Å²) in [7, 11) is -3.54. The molecule has 1 aliphatic carbocycles. The first-order valence-electron chi connectivity index (χ1n) is 11.0. The first-order chi connectivity index (χ1) is 15.5. The number of carbonyl (C=O) groups is 1. The minimum atomic E-state index is -3.54. The quantitative estimate of drug-likeness (QED) is 0.536. The van der Waals surface area contributed by atoms with Crippen molar-refractivity contribution in [2.45, 2.75) is 36.1 Å². The molecule has 1 amide bonds. The Bertz CT molecular complexity index is 1240. The van der Waals surface area contributed by atoms with Crippen LogP contribution < -0.4 is 15.4 Å². The van der Waals surface area contributed by atoms with E-state index in [-0.39, 0.29) is 28.7 Å². The van der Waals surface area contributed by atoms with Crippen LogP contribution in [0.15, 0.2) is 65.8 Å². The Morgan fingerprint density at radius 1 is 1.06 bits per heavy atom. The maximum atomic E-state index is 12.7. The zero-order chi connectivity index (χ0) is 22.1. The minimum Gasteiger partial charge on any atom is -0.326 e. The number of aromatic nitrogens is 1. The first-order valence-corrected chi connectivity index (χ1v) is 12.5. The molecule has 5 rings (SSSR count). The Hall–Kier alpha value is -2.81. The lowest BCUT2D eigenvalue weighted by Crippen LogP contribution is -2.45. The van der Waals surface area contributed by atoms with Crippen molar-refractivity contribution in [1.82, 2.24) is 15.0 Å². The molecule has 1 aromatic heterocycles. The molecule has 0 bridgehead atoms. The molecule has 2 fully saturated rings. The third kappa shape index (κ3) is 4.53. The van der Waals surface area contributed by atoms with E-state index >= 15 is 0 Å². The van der Waals surface area contributed by atoms with Gasteiger partial charge in [-0.05, 0) is 73.0 Å². The van der Waals surface area contributed by atoms with Crippen molar-refractivity contribution in [2.75, 3.05) is 18.4 Å². The first kappa shape index (κ1) is 21.1. The second kappa shape index (κ2) is 8.61. The van der Waals surface area contributed by atoms with Gasteiger partial charge < -0.3 is 10.6 Å². The van der Waals surface area contributed by atoms with Crippen molar-refractivity contribution < 1.29 is 13.2 Å². The van der Waals surface area contributed by atoms with Gasteiger partial charge in [0.05, 0.1) is 4.90 Å². The molecule has 1 saturated heterocycles. The Morgan fingerprint density at radius 3 is 2.69 bits per heavy atom. The number of hydrogen-bond donors (Lipinski definition) is 3. The summed E-state index contributed by atoms with van der Waals surface area (Å²) in [5.41, 5.74) is 1.76. The fourth-order valence-electron chi connectivity index (χ4n) is 4.38. The molecule has 7 nitrogen and oxygen atoms in total. The topological polar surface area (TPSA) is 100 Å². The monoisotopic (exact) mass is 450 g/mol. The summed E-state index contributed by atoms with van der Waals surface area (Å²) in [4.78, 5) is 17.1. The van der Waals surface area contributed by atoms with E-state index in [0.29, 0.717) is 6.54 Å². The molecule has 0 spiro atoms. The summed E-state index contributed by atoms with van der Waals surface area (Å²) in [5.74, 6) is 0.00974. The Morgan fingerprint density at radius 2 is 1.91 bits per heavy atom. The van der Waals surface area contributed by atoms with Crippen LogP contribution in [-0.4, -0.2) is 38.4 Å². The number of nitrogens with zero attached hydrogens (tertiary/aromatic N) is 1. The standard InChI is InChI=1S/C24H26N4O3S/c29-24(27-19-6-3-18-14-26-11-9-17(18)12-19)23-13-22(23)16-4-7-21(8-5-16)32(30,31)28-20-2-1-10-25-15-20/h3-9,11-12,14,20,22-23,25,28H,1-2,10,13,15H2,(H,27,29)/t20-,22?,23-/m1/s1. The smallest absolute Gasteiger partial charge is 0.240 e. The van der Waals surface area contributed by atoms with E-state index in [1.165, 1.54) is 0 Å². The summed E-state index contributed by atoms with van der Waals surface area (Å²) in [5, 5.41) is 8.27. The number of pyridine rings is 1. The highest BCUT2D eigenvalue weighted by molar-refractivity contribution is 7.89. The van der Waals surface area contributed by atoms with Crippen molar-refractivity contribution in [1.29, 1.82) is 0 Å². The second-order valence-corrected chi connectivity index (χ2v) is 10.3. The second-order valence-electron chi connectivity index (χ2n) is 8.61. The number of anilines is 1. The van der Waals surface area contributed by atoms with Crippen molar-refractivity contribution in [3.05, 3.63) is 66.5 Å². The Balaban J connectivity index is 1.21. The van der Waals surface area contributed by atoms with Crippen LogP contribution in [0.2, 0.25) is 0 Å². The molecule has 0 radical (unpaired) electrons. The number of carbonyl (C=O) groups excluding carboxylic acids is 1. The molecular weight excluding hydrogens is 424 g/mol. The van der Waals surface area contributed by atoms with Crippen LogP contribution in [0, 0.1) is 5.92 Å². The number of hydrogen-bond acceptors (Lipinski definition) is 5. The van der Waals surface area contributed by atoms with E-state index in [2.05, 4.69) is 20.3 Å². The predicted molar refractivity (Wildman–Crippen MR) is 124 cm³/mol. The van der Waals surface area contributed by atoms with Crippen LogP contribution in [-0.2, 0) is 14.8 Å². The van der Waals surface area contributed by atoms with Crippen LogP contribution in [0.3, 0.4) is 0 Å². The Kier molecular flexibility index (Phi) is 5.67.